The van der Waals surface area contributed by atoms with Crippen LogP contribution in [0.25, 0.3) is 0 Å². The van der Waals surface area contributed by atoms with Crippen LogP contribution in [0.1, 0.15) is 23.7 Å². The molecule has 4 heteroatoms. The van der Waals surface area contributed by atoms with Gasteiger partial charge in [-0.1, -0.05) is 24.3 Å². The Kier molecular flexibility index (Phi) is 4.03. The number of carbonyl (C=O) groups is 1. The Balaban J connectivity index is 1.73. The van der Waals surface area contributed by atoms with Crippen LogP contribution in [0, 0.1) is 5.92 Å². The Morgan fingerprint density at radius 1 is 1.45 bits per heavy atom. The lowest BCUT2D eigenvalue weighted by Crippen LogP contribution is -2.37. The molecule has 2 atom stereocenters. The minimum atomic E-state index is -0.395. The van der Waals surface area contributed by atoms with Gasteiger partial charge in [0.1, 0.15) is 0 Å². The predicted octanol–water partition coefficient (Wildman–Crippen LogP) is 1.37. The number of benzene rings is 1. The van der Waals surface area contributed by atoms with Gasteiger partial charge in [-0.15, -0.1) is 0 Å². The lowest BCUT2D eigenvalue weighted by Gasteiger charge is -2.28. The number of ether oxygens (including phenoxy) is 1. The minimum Gasteiger partial charge on any atom is -0.363 e. The van der Waals surface area contributed by atoms with Crippen LogP contribution >= 0.6 is 0 Å². The van der Waals surface area contributed by atoms with Crippen molar-refractivity contribution in [1.29, 1.82) is 0 Å². The summed E-state index contributed by atoms with van der Waals surface area (Å²) in [5.74, 6) is 0.707. The average molecular weight is 274 g/mol. The molecule has 2 heterocycles. The van der Waals surface area contributed by atoms with Gasteiger partial charge in [0.2, 0.25) is 0 Å². The first-order valence-electron chi connectivity index (χ1n) is 7.42. The molecule has 1 amide bonds. The molecule has 20 heavy (non-hydrogen) atoms. The fraction of sp³-hybridized carbons (Fsp3) is 0.562. The lowest BCUT2D eigenvalue weighted by molar-refractivity contribution is -0.144. The smallest absolute Gasteiger partial charge is 0.256 e. The normalized spacial score (nSPS) is 25.6. The molecule has 0 radical (unpaired) electrons. The second kappa shape index (κ2) is 5.94. The van der Waals surface area contributed by atoms with Crippen LogP contribution in [0.3, 0.4) is 0 Å². The van der Waals surface area contributed by atoms with Gasteiger partial charge in [-0.05, 0) is 43.5 Å². The van der Waals surface area contributed by atoms with Crippen LogP contribution in [0.4, 0.5) is 0 Å². The molecule has 3 rings (SSSR count). The van der Waals surface area contributed by atoms with Gasteiger partial charge in [0.05, 0.1) is 6.61 Å². The van der Waals surface area contributed by atoms with E-state index in [0.29, 0.717) is 12.5 Å². The molecule has 0 spiro atoms. The van der Waals surface area contributed by atoms with Crippen molar-refractivity contribution in [3.05, 3.63) is 35.4 Å². The van der Waals surface area contributed by atoms with Crippen LogP contribution in [0.5, 0.6) is 0 Å². The van der Waals surface area contributed by atoms with Crippen LogP contribution in [0.2, 0.25) is 0 Å². The maximum absolute atomic E-state index is 12.7. The van der Waals surface area contributed by atoms with E-state index in [4.69, 9.17) is 4.74 Å². The molecule has 108 valence electrons. The molecule has 1 aromatic rings. The quantitative estimate of drug-likeness (QED) is 0.905. The second-order valence-corrected chi connectivity index (χ2v) is 5.70. The fourth-order valence-electron chi connectivity index (χ4n) is 3.25. The van der Waals surface area contributed by atoms with Crippen molar-refractivity contribution in [3.8, 4) is 0 Å². The molecule has 2 aliphatic heterocycles. The predicted molar refractivity (Wildman–Crippen MR) is 77.5 cm³/mol. The summed E-state index contributed by atoms with van der Waals surface area (Å²) in [6.07, 6.45) is 1.59. The second-order valence-electron chi connectivity index (χ2n) is 5.70. The molecule has 0 unspecified atom stereocenters. The van der Waals surface area contributed by atoms with Gasteiger partial charge in [0.25, 0.3) is 5.91 Å². The minimum absolute atomic E-state index is 0.135. The number of carbonyl (C=O) groups excluding carboxylic acids is 1. The van der Waals surface area contributed by atoms with E-state index in [0.717, 1.165) is 38.0 Å². The van der Waals surface area contributed by atoms with E-state index in [9.17, 15) is 4.79 Å². The number of nitrogens with zero attached hydrogens (tertiary/aromatic N) is 1. The summed E-state index contributed by atoms with van der Waals surface area (Å²) in [6.45, 7) is 3.32. The standard InChI is InChI=1S/C16H22N2O2/c1-17-10-12-6-8-18(11-12)16(19)15-14-5-3-2-4-13(14)7-9-20-15/h2-5,12,15,17H,6-11H2,1H3/t12-,15-/m1/s1. The summed E-state index contributed by atoms with van der Waals surface area (Å²) in [6, 6.07) is 8.15. The first-order chi connectivity index (χ1) is 9.79. The number of nitrogens with one attached hydrogen (secondary N) is 1. The van der Waals surface area contributed by atoms with E-state index in [1.165, 1.54) is 5.56 Å². The van der Waals surface area contributed by atoms with Crippen molar-refractivity contribution >= 4 is 5.91 Å². The van der Waals surface area contributed by atoms with E-state index >= 15 is 0 Å². The molecular formula is C16H22N2O2. The topological polar surface area (TPSA) is 41.6 Å². The highest BCUT2D eigenvalue weighted by Crippen LogP contribution is 2.30. The van der Waals surface area contributed by atoms with Crippen molar-refractivity contribution in [2.24, 2.45) is 5.92 Å². The number of fused-ring (bicyclic) bond motifs is 1. The highest BCUT2D eigenvalue weighted by Gasteiger charge is 2.34. The number of amides is 1. The van der Waals surface area contributed by atoms with Crippen LogP contribution in [-0.4, -0.2) is 44.1 Å². The van der Waals surface area contributed by atoms with E-state index in [1.54, 1.807) is 0 Å². The molecular weight excluding hydrogens is 252 g/mol. The maximum Gasteiger partial charge on any atom is 0.256 e. The van der Waals surface area contributed by atoms with Gasteiger partial charge in [-0.3, -0.25) is 4.79 Å². The van der Waals surface area contributed by atoms with Crippen molar-refractivity contribution in [3.63, 3.8) is 0 Å². The third-order valence-electron chi connectivity index (χ3n) is 4.31. The molecule has 1 fully saturated rings. The summed E-state index contributed by atoms with van der Waals surface area (Å²) < 4.78 is 5.77. The Morgan fingerprint density at radius 3 is 3.15 bits per heavy atom. The number of hydrogen-bond donors (Lipinski definition) is 1. The van der Waals surface area contributed by atoms with Crippen molar-refractivity contribution < 1.29 is 9.53 Å². The van der Waals surface area contributed by atoms with Gasteiger partial charge in [-0.25, -0.2) is 0 Å². The van der Waals surface area contributed by atoms with Crippen molar-refractivity contribution in [2.75, 3.05) is 33.3 Å². The Morgan fingerprint density at radius 2 is 2.30 bits per heavy atom. The SMILES string of the molecule is CNC[C@H]1CCN(C(=O)[C@@H]2OCCc3ccccc32)C1. The van der Waals surface area contributed by atoms with Gasteiger partial charge in [0, 0.05) is 13.1 Å². The van der Waals surface area contributed by atoms with Gasteiger partial charge >= 0.3 is 0 Å². The van der Waals surface area contributed by atoms with E-state index in [-0.39, 0.29) is 5.91 Å². The summed E-state index contributed by atoms with van der Waals surface area (Å²) in [4.78, 5) is 14.7. The fourth-order valence-corrected chi connectivity index (χ4v) is 3.25. The third-order valence-corrected chi connectivity index (χ3v) is 4.31. The summed E-state index contributed by atoms with van der Waals surface area (Å²) >= 11 is 0. The molecule has 0 saturated carbocycles. The number of hydrogen-bond acceptors (Lipinski definition) is 3. The van der Waals surface area contributed by atoms with Crippen molar-refractivity contribution in [2.45, 2.75) is 18.9 Å². The van der Waals surface area contributed by atoms with E-state index in [1.807, 2.05) is 30.1 Å². The van der Waals surface area contributed by atoms with Gasteiger partial charge < -0.3 is 15.0 Å². The zero-order valence-corrected chi connectivity index (χ0v) is 12.0. The summed E-state index contributed by atoms with van der Waals surface area (Å²) in [7, 11) is 1.96. The van der Waals surface area contributed by atoms with Crippen LogP contribution in [-0.2, 0) is 16.0 Å². The molecule has 0 bridgehead atoms. The molecule has 2 aliphatic rings. The Hall–Kier alpha value is -1.39. The number of likely N-dealkylation sites (tertiary alicyclic amines) is 1. The molecule has 0 aromatic heterocycles. The molecule has 0 aliphatic carbocycles. The third kappa shape index (κ3) is 2.58. The maximum atomic E-state index is 12.7. The molecule has 1 N–H and O–H groups in total. The Labute approximate surface area is 120 Å². The van der Waals surface area contributed by atoms with Gasteiger partial charge in [-0.2, -0.15) is 0 Å². The number of rotatable bonds is 3. The first kappa shape index (κ1) is 13.6. The summed E-state index contributed by atoms with van der Waals surface area (Å²) in [5, 5.41) is 3.20. The van der Waals surface area contributed by atoms with Crippen molar-refractivity contribution in [1.82, 2.24) is 10.2 Å². The van der Waals surface area contributed by atoms with Gasteiger partial charge in [0.15, 0.2) is 6.10 Å². The van der Waals surface area contributed by atoms with E-state index in [2.05, 4.69) is 11.4 Å². The summed E-state index contributed by atoms with van der Waals surface area (Å²) in [5.41, 5.74) is 2.31. The highest BCUT2D eigenvalue weighted by molar-refractivity contribution is 5.83. The first-order valence-corrected chi connectivity index (χ1v) is 7.42. The van der Waals surface area contributed by atoms with Crippen LogP contribution < -0.4 is 5.32 Å². The largest absolute Gasteiger partial charge is 0.363 e. The highest BCUT2D eigenvalue weighted by atomic mass is 16.5. The van der Waals surface area contributed by atoms with Crippen LogP contribution in [0.15, 0.2) is 24.3 Å². The Bertz CT molecular complexity index is 489. The molecule has 4 nitrogen and oxygen atoms in total. The zero-order chi connectivity index (χ0) is 13.9. The van der Waals surface area contributed by atoms with E-state index < -0.39 is 6.10 Å². The average Bonchev–Trinajstić information content (AvgIpc) is 2.95. The zero-order valence-electron chi connectivity index (χ0n) is 12.0. The lowest BCUT2D eigenvalue weighted by atomic mass is 9.97. The molecule has 1 aromatic carbocycles. The molecule has 1 saturated heterocycles. The monoisotopic (exact) mass is 274 g/mol.